The van der Waals surface area contributed by atoms with Crippen molar-refractivity contribution in [2.45, 2.75) is 25.6 Å². The van der Waals surface area contributed by atoms with Gasteiger partial charge < -0.3 is 10.9 Å². The minimum atomic E-state index is -3.30. The van der Waals surface area contributed by atoms with Crippen LogP contribution in [0.3, 0.4) is 0 Å². The molecule has 18 heavy (non-hydrogen) atoms. The molecule has 0 aromatic heterocycles. The third-order valence-electron chi connectivity index (χ3n) is 2.43. The summed E-state index contributed by atoms with van der Waals surface area (Å²) in [6, 6.07) is 6.82. The number of nitrogens with zero attached hydrogens (tertiary/aromatic N) is 1. The third-order valence-corrected chi connectivity index (χ3v) is 4.22. The van der Waals surface area contributed by atoms with E-state index in [1.54, 1.807) is 38.1 Å². The Morgan fingerprint density at radius 1 is 1.50 bits per heavy atom. The second-order valence-electron chi connectivity index (χ2n) is 4.10. The van der Waals surface area contributed by atoms with E-state index < -0.39 is 15.3 Å². The van der Waals surface area contributed by atoms with E-state index >= 15 is 0 Å². The van der Waals surface area contributed by atoms with Crippen molar-refractivity contribution in [3.8, 4) is 0 Å². The lowest BCUT2D eigenvalue weighted by molar-refractivity contribution is 0.318. The highest BCUT2D eigenvalue weighted by atomic mass is 32.2. The number of nitrogens with two attached hydrogens (primary N) is 1. The Morgan fingerprint density at radius 3 is 2.72 bits per heavy atom. The summed E-state index contributed by atoms with van der Waals surface area (Å²) < 4.78 is 25.6. The highest BCUT2D eigenvalue weighted by Gasteiger charge is 2.14. The van der Waals surface area contributed by atoms with Crippen molar-refractivity contribution in [1.82, 2.24) is 4.72 Å². The molecule has 0 aliphatic carbocycles. The number of hydrogen-bond acceptors (Lipinski definition) is 4. The first kappa shape index (κ1) is 14.5. The Bertz CT molecular complexity index is 538. The van der Waals surface area contributed by atoms with Crippen LogP contribution in [-0.4, -0.2) is 24.7 Å². The Kier molecular flexibility index (Phi) is 4.69. The van der Waals surface area contributed by atoms with E-state index in [1.165, 1.54) is 0 Å². The molecular weight excluding hydrogens is 254 g/mol. The summed E-state index contributed by atoms with van der Waals surface area (Å²) in [4.78, 5) is 0. The van der Waals surface area contributed by atoms with Crippen molar-refractivity contribution < 1.29 is 13.6 Å². The molecular formula is C11H17N3O3S. The van der Waals surface area contributed by atoms with E-state index in [4.69, 9.17) is 10.9 Å². The summed E-state index contributed by atoms with van der Waals surface area (Å²) in [5, 5.41) is 11.0. The number of rotatable bonds is 5. The maximum absolute atomic E-state index is 11.6. The molecule has 7 heteroatoms. The van der Waals surface area contributed by atoms with E-state index in [0.29, 0.717) is 5.56 Å². The van der Waals surface area contributed by atoms with Crippen molar-refractivity contribution in [3.05, 3.63) is 35.4 Å². The molecule has 6 nitrogen and oxygen atoms in total. The van der Waals surface area contributed by atoms with Crippen molar-refractivity contribution in [2.24, 2.45) is 10.9 Å². The van der Waals surface area contributed by atoms with Crippen molar-refractivity contribution in [2.75, 3.05) is 0 Å². The van der Waals surface area contributed by atoms with Gasteiger partial charge in [0.25, 0.3) is 0 Å². The minimum Gasteiger partial charge on any atom is -0.409 e. The van der Waals surface area contributed by atoms with Gasteiger partial charge in [0.1, 0.15) is 0 Å². The number of nitrogens with one attached hydrogen (secondary N) is 1. The minimum absolute atomic E-state index is 0.0106. The van der Waals surface area contributed by atoms with Gasteiger partial charge in [-0.05, 0) is 25.5 Å². The first-order valence-electron chi connectivity index (χ1n) is 5.42. The van der Waals surface area contributed by atoms with Crippen LogP contribution in [0, 0.1) is 0 Å². The van der Waals surface area contributed by atoms with Crippen LogP contribution in [0.2, 0.25) is 0 Å². The second-order valence-corrected chi connectivity index (χ2v) is 6.42. The number of benzene rings is 1. The summed E-state index contributed by atoms with van der Waals surface area (Å²) in [6.07, 6.45) is 0. The fourth-order valence-corrected chi connectivity index (χ4v) is 1.95. The second kappa shape index (κ2) is 5.83. The van der Waals surface area contributed by atoms with Crippen molar-refractivity contribution in [1.29, 1.82) is 0 Å². The van der Waals surface area contributed by atoms with Gasteiger partial charge in [-0.25, -0.2) is 13.1 Å². The molecule has 1 rings (SSSR count). The first-order valence-corrected chi connectivity index (χ1v) is 6.96. The van der Waals surface area contributed by atoms with Gasteiger partial charge in [0, 0.05) is 12.1 Å². The Balaban J connectivity index is 2.81. The molecule has 0 unspecified atom stereocenters. The lowest BCUT2D eigenvalue weighted by Gasteiger charge is -2.10. The molecule has 0 fully saturated rings. The van der Waals surface area contributed by atoms with E-state index in [0.717, 1.165) is 5.56 Å². The molecule has 4 N–H and O–H groups in total. The van der Waals surface area contributed by atoms with Crippen LogP contribution < -0.4 is 10.5 Å². The Morgan fingerprint density at radius 2 is 2.17 bits per heavy atom. The number of hydrogen-bond donors (Lipinski definition) is 3. The SMILES string of the molecule is CC(C)S(=O)(=O)NCc1cccc(C(N)=NO)c1. The maximum atomic E-state index is 11.6. The molecule has 0 amide bonds. The average Bonchev–Trinajstić information content (AvgIpc) is 2.35. The van der Waals surface area contributed by atoms with E-state index in [-0.39, 0.29) is 12.4 Å². The maximum Gasteiger partial charge on any atom is 0.214 e. The van der Waals surface area contributed by atoms with Crippen LogP contribution in [0.4, 0.5) is 0 Å². The molecule has 1 aromatic carbocycles. The molecule has 0 heterocycles. The van der Waals surface area contributed by atoms with Gasteiger partial charge in [-0.1, -0.05) is 23.4 Å². The normalized spacial score (nSPS) is 12.9. The Hall–Kier alpha value is -1.60. The zero-order valence-electron chi connectivity index (χ0n) is 10.3. The molecule has 0 spiro atoms. The highest BCUT2D eigenvalue weighted by Crippen LogP contribution is 2.06. The van der Waals surface area contributed by atoms with Crippen LogP contribution in [0.1, 0.15) is 25.0 Å². The average molecular weight is 271 g/mol. The summed E-state index contributed by atoms with van der Waals surface area (Å²) in [5.74, 6) is -0.0106. The molecule has 0 aliphatic rings. The quantitative estimate of drug-likeness (QED) is 0.316. The van der Waals surface area contributed by atoms with Gasteiger partial charge in [0.2, 0.25) is 10.0 Å². The van der Waals surface area contributed by atoms with Crippen molar-refractivity contribution in [3.63, 3.8) is 0 Å². The van der Waals surface area contributed by atoms with Crippen LogP contribution in [0.15, 0.2) is 29.4 Å². The molecule has 0 bridgehead atoms. The molecule has 1 aromatic rings. The lowest BCUT2D eigenvalue weighted by Crippen LogP contribution is -2.30. The molecule has 0 saturated carbocycles. The van der Waals surface area contributed by atoms with Crippen LogP contribution in [0.5, 0.6) is 0 Å². The van der Waals surface area contributed by atoms with Gasteiger partial charge in [0.05, 0.1) is 5.25 Å². The van der Waals surface area contributed by atoms with Gasteiger partial charge in [-0.3, -0.25) is 0 Å². The van der Waals surface area contributed by atoms with Gasteiger partial charge >= 0.3 is 0 Å². The zero-order chi connectivity index (χ0) is 13.8. The van der Waals surface area contributed by atoms with E-state index in [2.05, 4.69) is 9.88 Å². The van der Waals surface area contributed by atoms with Crippen LogP contribution >= 0.6 is 0 Å². The third kappa shape index (κ3) is 3.71. The summed E-state index contributed by atoms with van der Waals surface area (Å²) in [6.45, 7) is 3.39. The fraction of sp³-hybridized carbons (Fsp3) is 0.364. The molecule has 0 saturated heterocycles. The highest BCUT2D eigenvalue weighted by molar-refractivity contribution is 7.90. The number of sulfonamides is 1. The summed E-state index contributed by atoms with van der Waals surface area (Å²) in [5.41, 5.74) is 6.73. The molecule has 0 atom stereocenters. The van der Waals surface area contributed by atoms with Gasteiger partial charge in [-0.2, -0.15) is 0 Å². The molecule has 0 radical (unpaired) electrons. The topological polar surface area (TPSA) is 105 Å². The van der Waals surface area contributed by atoms with Crippen molar-refractivity contribution >= 4 is 15.9 Å². The number of amidine groups is 1. The van der Waals surface area contributed by atoms with Gasteiger partial charge in [0.15, 0.2) is 5.84 Å². The zero-order valence-corrected chi connectivity index (χ0v) is 11.1. The summed E-state index contributed by atoms with van der Waals surface area (Å²) in [7, 11) is -3.30. The lowest BCUT2D eigenvalue weighted by atomic mass is 10.1. The van der Waals surface area contributed by atoms with E-state index in [9.17, 15) is 8.42 Å². The Labute approximate surface area is 107 Å². The predicted molar refractivity (Wildman–Crippen MR) is 69.8 cm³/mol. The van der Waals surface area contributed by atoms with Crippen LogP contribution in [-0.2, 0) is 16.6 Å². The van der Waals surface area contributed by atoms with E-state index in [1.807, 2.05) is 0 Å². The monoisotopic (exact) mass is 271 g/mol. The predicted octanol–water partition coefficient (Wildman–Crippen LogP) is 0.609. The first-order chi connectivity index (χ1) is 8.36. The molecule has 100 valence electrons. The fourth-order valence-electron chi connectivity index (χ4n) is 1.25. The largest absolute Gasteiger partial charge is 0.409 e. The smallest absolute Gasteiger partial charge is 0.214 e. The summed E-state index contributed by atoms with van der Waals surface area (Å²) >= 11 is 0. The molecule has 0 aliphatic heterocycles. The van der Waals surface area contributed by atoms with Gasteiger partial charge in [-0.15, -0.1) is 0 Å². The standard InChI is InChI=1S/C11H17N3O3S/c1-8(2)18(16,17)13-7-9-4-3-5-10(6-9)11(12)14-15/h3-6,8,13,15H,7H2,1-2H3,(H2,12,14). The number of oxime groups is 1. The van der Waals surface area contributed by atoms with Crippen LogP contribution in [0.25, 0.3) is 0 Å².